The van der Waals surface area contributed by atoms with Gasteiger partial charge in [-0.15, -0.1) is 0 Å². The van der Waals surface area contributed by atoms with Gasteiger partial charge in [0.1, 0.15) is 17.4 Å². The van der Waals surface area contributed by atoms with Crippen LogP contribution in [0.25, 0.3) is 0 Å². The van der Waals surface area contributed by atoms with Gasteiger partial charge in [-0.1, -0.05) is 6.92 Å². The Hall–Kier alpha value is -1.68. The van der Waals surface area contributed by atoms with E-state index in [0.717, 1.165) is 12.0 Å². The highest BCUT2D eigenvalue weighted by molar-refractivity contribution is 5.36. The Labute approximate surface area is 117 Å². The molecule has 1 atom stereocenters. The fourth-order valence-electron chi connectivity index (χ4n) is 2.25. The summed E-state index contributed by atoms with van der Waals surface area (Å²) in [5, 5.41) is 3.25. The topological polar surface area (TPSA) is 25.2 Å². The van der Waals surface area contributed by atoms with Gasteiger partial charge in [0, 0.05) is 11.1 Å². The van der Waals surface area contributed by atoms with E-state index in [0.29, 0.717) is 23.4 Å². The van der Waals surface area contributed by atoms with E-state index < -0.39 is 17.7 Å². The van der Waals surface area contributed by atoms with Gasteiger partial charge in [0.05, 0.1) is 12.3 Å². The zero-order valence-electron chi connectivity index (χ0n) is 12.0. The summed E-state index contributed by atoms with van der Waals surface area (Å²) in [5.41, 5.74) is 1.45. The normalized spacial score (nSPS) is 12.7. The summed E-state index contributed by atoms with van der Waals surface area (Å²) in [4.78, 5) is 0. The first-order valence-electron chi connectivity index (χ1n) is 6.77. The predicted octanol–water partition coefficient (Wildman–Crippen LogP) is 4.26. The van der Waals surface area contributed by atoms with Crippen molar-refractivity contribution < 1.29 is 13.2 Å². The van der Waals surface area contributed by atoms with Crippen LogP contribution >= 0.6 is 0 Å². The van der Waals surface area contributed by atoms with E-state index in [2.05, 4.69) is 5.32 Å². The van der Waals surface area contributed by atoms with E-state index in [1.807, 2.05) is 13.8 Å². The van der Waals surface area contributed by atoms with Gasteiger partial charge in [-0.3, -0.25) is 0 Å². The summed E-state index contributed by atoms with van der Waals surface area (Å²) >= 11 is 0. The molecule has 0 saturated heterocycles. The third kappa shape index (κ3) is 2.90. The monoisotopic (exact) mass is 279 g/mol. The van der Waals surface area contributed by atoms with Gasteiger partial charge in [0.15, 0.2) is 0 Å². The molecule has 0 radical (unpaired) electrons. The minimum atomic E-state index is -0.405. The highest BCUT2D eigenvalue weighted by Crippen LogP contribution is 2.29. The molecule has 0 fully saturated rings. The fraction of sp³-hybridized carbons (Fsp3) is 0.375. The summed E-state index contributed by atoms with van der Waals surface area (Å²) in [6.07, 6.45) is 2.47. The molecule has 0 spiro atoms. The molecule has 0 aliphatic carbocycles. The summed E-state index contributed by atoms with van der Waals surface area (Å²) in [5.74, 6) is -0.0945. The zero-order valence-corrected chi connectivity index (χ0v) is 12.0. The van der Waals surface area contributed by atoms with Crippen LogP contribution in [0.2, 0.25) is 0 Å². The van der Waals surface area contributed by atoms with Crippen LogP contribution in [-0.4, -0.2) is 6.54 Å². The van der Waals surface area contributed by atoms with Gasteiger partial charge >= 0.3 is 0 Å². The van der Waals surface area contributed by atoms with Gasteiger partial charge in [0.2, 0.25) is 0 Å². The van der Waals surface area contributed by atoms with E-state index >= 15 is 0 Å². The molecule has 0 aliphatic heterocycles. The van der Waals surface area contributed by atoms with Crippen molar-refractivity contribution >= 4 is 0 Å². The van der Waals surface area contributed by atoms with E-state index in [1.54, 1.807) is 19.3 Å². The lowest BCUT2D eigenvalue weighted by molar-refractivity contribution is 0.504. The SMILES string of the molecule is CCCNC(c1cc(F)c(C)cc1F)c1ccoc1C. The number of rotatable bonds is 5. The zero-order chi connectivity index (χ0) is 14.7. The number of furan rings is 1. The second kappa shape index (κ2) is 6.18. The molecule has 0 saturated carbocycles. The summed E-state index contributed by atoms with van der Waals surface area (Å²) in [6, 6.07) is 3.90. The number of hydrogen-bond donors (Lipinski definition) is 1. The molecule has 1 heterocycles. The minimum absolute atomic E-state index is 0.310. The molecule has 4 heteroatoms. The van der Waals surface area contributed by atoms with Crippen LogP contribution in [0.4, 0.5) is 8.78 Å². The molecule has 2 rings (SSSR count). The first kappa shape index (κ1) is 14.7. The van der Waals surface area contributed by atoms with Crippen molar-refractivity contribution in [3.63, 3.8) is 0 Å². The summed E-state index contributed by atoms with van der Waals surface area (Å²) in [6.45, 7) is 6.11. The van der Waals surface area contributed by atoms with Crippen molar-refractivity contribution in [1.82, 2.24) is 5.32 Å². The van der Waals surface area contributed by atoms with Crippen LogP contribution in [0, 0.1) is 25.5 Å². The number of aryl methyl sites for hydroxylation is 2. The third-order valence-corrected chi connectivity index (χ3v) is 3.40. The third-order valence-electron chi connectivity index (χ3n) is 3.40. The molecule has 1 N–H and O–H groups in total. The van der Waals surface area contributed by atoms with Crippen LogP contribution in [0.15, 0.2) is 28.9 Å². The first-order valence-corrected chi connectivity index (χ1v) is 6.77. The predicted molar refractivity (Wildman–Crippen MR) is 74.7 cm³/mol. The van der Waals surface area contributed by atoms with Crippen molar-refractivity contribution in [2.45, 2.75) is 33.2 Å². The molecule has 0 aliphatic rings. The van der Waals surface area contributed by atoms with Crippen molar-refractivity contribution in [3.05, 3.63) is 58.5 Å². The average Bonchev–Trinajstić information content (AvgIpc) is 2.82. The minimum Gasteiger partial charge on any atom is -0.469 e. The number of nitrogens with one attached hydrogen (secondary N) is 1. The van der Waals surface area contributed by atoms with E-state index in [1.165, 1.54) is 12.1 Å². The Morgan fingerprint density at radius 2 is 1.90 bits per heavy atom. The highest BCUT2D eigenvalue weighted by atomic mass is 19.1. The standard InChI is InChI=1S/C16H19F2NO/c1-4-6-19-16(12-5-7-20-11(12)3)13-9-14(17)10(2)8-15(13)18/h5,7-9,16,19H,4,6H2,1-3H3. The van der Waals surface area contributed by atoms with Gasteiger partial charge in [0.25, 0.3) is 0 Å². The van der Waals surface area contributed by atoms with E-state index in [-0.39, 0.29) is 0 Å². The van der Waals surface area contributed by atoms with Crippen LogP contribution in [-0.2, 0) is 0 Å². The quantitative estimate of drug-likeness (QED) is 0.884. The van der Waals surface area contributed by atoms with Gasteiger partial charge in [-0.2, -0.15) is 0 Å². The molecule has 2 aromatic rings. The van der Waals surface area contributed by atoms with Crippen LogP contribution in [0.3, 0.4) is 0 Å². The molecular formula is C16H19F2NO. The molecule has 108 valence electrons. The lowest BCUT2D eigenvalue weighted by atomic mass is 9.97. The second-order valence-electron chi connectivity index (χ2n) is 4.94. The molecule has 1 unspecified atom stereocenters. The molecule has 0 bridgehead atoms. The maximum Gasteiger partial charge on any atom is 0.128 e. The van der Waals surface area contributed by atoms with Gasteiger partial charge in [-0.05, 0) is 50.6 Å². The van der Waals surface area contributed by atoms with Crippen molar-refractivity contribution in [3.8, 4) is 0 Å². The fourth-order valence-corrected chi connectivity index (χ4v) is 2.25. The van der Waals surface area contributed by atoms with E-state index in [4.69, 9.17) is 4.42 Å². The maximum absolute atomic E-state index is 14.2. The Balaban J connectivity index is 2.46. The van der Waals surface area contributed by atoms with Crippen LogP contribution in [0.1, 0.15) is 41.8 Å². The molecule has 2 nitrogen and oxygen atoms in total. The van der Waals surface area contributed by atoms with Gasteiger partial charge in [-0.25, -0.2) is 8.78 Å². The average molecular weight is 279 g/mol. The first-order chi connectivity index (χ1) is 9.54. The van der Waals surface area contributed by atoms with Crippen molar-refractivity contribution in [2.75, 3.05) is 6.54 Å². The lowest BCUT2D eigenvalue weighted by Crippen LogP contribution is -2.24. The molecule has 20 heavy (non-hydrogen) atoms. The largest absolute Gasteiger partial charge is 0.469 e. The van der Waals surface area contributed by atoms with Crippen molar-refractivity contribution in [2.24, 2.45) is 0 Å². The van der Waals surface area contributed by atoms with Crippen molar-refractivity contribution in [1.29, 1.82) is 0 Å². The number of benzene rings is 1. The number of halogens is 2. The van der Waals surface area contributed by atoms with Crippen LogP contribution in [0.5, 0.6) is 0 Å². The Morgan fingerprint density at radius 3 is 2.50 bits per heavy atom. The molecule has 1 aromatic carbocycles. The molecule has 0 amide bonds. The van der Waals surface area contributed by atoms with E-state index in [9.17, 15) is 8.78 Å². The maximum atomic E-state index is 14.2. The number of hydrogen-bond acceptors (Lipinski definition) is 2. The Bertz CT molecular complexity index is 592. The lowest BCUT2D eigenvalue weighted by Gasteiger charge is -2.20. The summed E-state index contributed by atoms with van der Waals surface area (Å²) in [7, 11) is 0. The van der Waals surface area contributed by atoms with Crippen LogP contribution < -0.4 is 5.32 Å². The Kier molecular flexibility index (Phi) is 4.55. The summed E-state index contributed by atoms with van der Waals surface area (Å²) < 4.78 is 33.2. The second-order valence-corrected chi connectivity index (χ2v) is 4.94. The van der Waals surface area contributed by atoms with Gasteiger partial charge < -0.3 is 9.73 Å². The highest BCUT2D eigenvalue weighted by Gasteiger charge is 2.22. The molecule has 1 aromatic heterocycles. The molecular weight excluding hydrogens is 260 g/mol. The Morgan fingerprint density at radius 1 is 1.15 bits per heavy atom. The smallest absolute Gasteiger partial charge is 0.128 e.